The molecule has 3 aliphatic rings. The molecule has 4 aromatic rings. The zero-order valence-electron chi connectivity index (χ0n) is 40.5. The molecule has 6 atom stereocenters. The Balaban J connectivity index is 0.864. The van der Waals surface area contributed by atoms with Crippen molar-refractivity contribution in [3.8, 4) is 10.4 Å². The topological polar surface area (TPSA) is 218 Å². The lowest BCUT2D eigenvalue weighted by molar-refractivity contribution is -0.144. The van der Waals surface area contributed by atoms with Crippen molar-refractivity contribution in [1.29, 1.82) is 0 Å². The molecule has 0 aliphatic carbocycles. The second-order valence-corrected chi connectivity index (χ2v) is 21.3. The van der Waals surface area contributed by atoms with Crippen molar-refractivity contribution < 1.29 is 33.9 Å². The molecule has 0 radical (unpaired) electrons. The van der Waals surface area contributed by atoms with E-state index in [0.717, 1.165) is 63.3 Å². The van der Waals surface area contributed by atoms with Crippen LogP contribution in [-0.2, 0) is 61.0 Å². The van der Waals surface area contributed by atoms with Crippen LogP contribution < -0.4 is 27.0 Å². The maximum Gasteiger partial charge on any atom is 0.246 e. The zero-order chi connectivity index (χ0) is 49.4. The number of aliphatic hydroxyl groups is 1. The average Bonchev–Trinajstić information content (AvgIpc) is 4.03. The van der Waals surface area contributed by atoms with E-state index in [-0.39, 0.29) is 74.1 Å². The number of thiazole rings is 1. The standard InChI is InChI=1S/C54H69N7O7S/c1-33-49(69-32-58-33)39-21-18-37(19-22-39)30-57-51(66)44-29-41(62)31-60(44)53(68)50(54(2,3)4)59-47(65)15-7-5-6-10-34-11-8-12-35(26-34)16-17-36(20-25-46(56)64)27-45(63)43-28-40-14-9-13-38-23-24-42(55)52(67)61(43)48(38)40/h8-9,11-14,18-19,21-22,26,32,36,41-44,50,62H,5-7,10,15-17,20,23-25,27-31,55H2,1-4H3,(H2,56,64)(H,57,66)(H,59,65)/t36-,41-,42+,43+,44+,50-/m1/s1. The molecule has 3 aliphatic heterocycles. The van der Waals surface area contributed by atoms with E-state index in [2.05, 4.69) is 33.8 Å². The van der Waals surface area contributed by atoms with Gasteiger partial charge in [0.15, 0.2) is 5.78 Å². The number of para-hydroxylation sites is 1. The van der Waals surface area contributed by atoms with Crippen LogP contribution in [-0.4, -0.2) is 87.1 Å². The highest BCUT2D eigenvalue weighted by molar-refractivity contribution is 7.13. The van der Waals surface area contributed by atoms with Crippen molar-refractivity contribution in [2.24, 2.45) is 22.8 Å². The van der Waals surface area contributed by atoms with Crippen LogP contribution in [0, 0.1) is 18.3 Å². The minimum absolute atomic E-state index is 0.00764. The number of aliphatic hydroxyl groups excluding tert-OH is 1. The third-order valence-corrected chi connectivity index (χ3v) is 15.0. The van der Waals surface area contributed by atoms with E-state index in [4.69, 9.17) is 11.5 Å². The molecule has 1 fully saturated rings. The van der Waals surface area contributed by atoms with Gasteiger partial charge >= 0.3 is 0 Å². The van der Waals surface area contributed by atoms with Gasteiger partial charge in [0.1, 0.15) is 12.1 Å². The van der Waals surface area contributed by atoms with Gasteiger partial charge in [0.2, 0.25) is 29.5 Å². The summed E-state index contributed by atoms with van der Waals surface area (Å²) >= 11 is 1.58. The van der Waals surface area contributed by atoms with Gasteiger partial charge < -0.3 is 32.1 Å². The molecule has 3 aromatic carbocycles. The number of carbonyl (C=O) groups excluding carboxylic acids is 6. The average molecular weight is 960 g/mol. The van der Waals surface area contributed by atoms with Crippen molar-refractivity contribution in [2.75, 3.05) is 11.4 Å². The van der Waals surface area contributed by atoms with Crippen LogP contribution in [0.1, 0.15) is 118 Å². The van der Waals surface area contributed by atoms with E-state index in [1.807, 2.05) is 81.7 Å². The second-order valence-electron chi connectivity index (χ2n) is 20.4. The fraction of sp³-hybridized carbons (Fsp3) is 0.500. The molecule has 7 rings (SSSR count). The fourth-order valence-corrected chi connectivity index (χ4v) is 11.0. The third kappa shape index (κ3) is 12.9. The van der Waals surface area contributed by atoms with Gasteiger partial charge in [-0.1, -0.05) is 93.9 Å². The molecular weight excluding hydrogens is 891 g/mol. The molecular formula is C54H69N7O7S. The second kappa shape index (κ2) is 22.8. The predicted octanol–water partition coefficient (Wildman–Crippen LogP) is 6.04. The lowest BCUT2D eigenvalue weighted by Gasteiger charge is -2.35. The summed E-state index contributed by atoms with van der Waals surface area (Å²) in [5, 5.41) is 16.6. The summed E-state index contributed by atoms with van der Waals surface area (Å²) in [6.07, 6.45) is 6.61. The van der Waals surface area contributed by atoms with Crippen molar-refractivity contribution in [3.05, 3.63) is 106 Å². The van der Waals surface area contributed by atoms with E-state index < -0.39 is 41.6 Å². The minimum Gasteiger partial charge on any atom is -0.391 e. The number of nitrogens with zero attached hydrogens (tertiary/aromatic N) is 3. The Morgan fingerprint density at radius 3 is 2.33 bits per heavy atom. The molecule has 5 amide bonds. The highest BCUT2D eigenvalue weighted by Crippen LogP contribution is 2.40. The van der Waals surface area contributed by atoms with Crippen LogP contribution >= 0.6 is 11.3 Å². The number of Topliss-reactive ketones (excluding diaryl/α,β-unsaturated/α-hetero) is 1. The molecule has 0 bridgehead atoms. The number of rotatable bonds is 21. The number of ketones is 1. The number of anilines is 1. The number of hydrogen-bond acceptors (Lipinski definition) is 10. The number of likely N-dealkylation sites (tertiary alicyclic amines) is 1. The van der Waals surface area contributed by atoms with Gasteiger partial charge in [-0.2, -0.15) is 0 Å². The Bertz CT molecular complexity index is 2500. The highest BCUT2D eigenvalue weighted by Gasteiger charge is 2.45. The number of aryl methyl sites for hydroxylation is 4. The molecule has 0 unspecified atom stereocenters. The number of primary amides is 1. The summed E-state index contributed by atoms with van der Waals surface area (Å²) in [4.78, 5) is 88.8. The Hall–Kier alpha value is -5.77. The molecule has 0 saturated carbocycles. The summed E-state index contributed by atoms with van der Waals surface area (Å²) in [7, 11) is 0. The van der Waals surface area contributed by atoms with Crippen LogP contribution in [0.3, 0.4) is 0 Å². The Morgan fingerprint density at radius 2 is 1.62 bits per heavy atom. The molecule has 0 spiro atoms. The first-order valence-corrected chi connectivity index (χ1v) is 25.5. The van der Waals surface area contributed by atoms with Gasteiger partial charge in [-0.05, 0) is 103 Å². The first-order chi connectivity index (χ1) is 33.0. The lowest BCUT2D eigenvalue weighted by Crippen LogP contribution is -2.57. The van der Waals surface area contributed by atoms with Crippen molar-refractivity contribution in [3.63, 3.8) is 0 Å². The van der Waals surface area contributed by atoms with Gasteiger partial charge in [-0.25, -0.2) is 4.98 Å². The van der Waals surface area contributed by atoms with E-state index in [9.17, 15) is 33.9 Å². The normalized spacial score (nSPS) is 19.7. The Kier molecular flexibility index (Phi) is 16.9. The maximum atomic E-state index is 14.1. The van der Waals surface area contributed by atoms with Crippen LogP contribution in [0.25, 0.3) is 10.4 Å². The Labute approximate surface area is 410 Å². The largest absolute Gasteiger partial charge is 0.391 e. The number of aromatic nitrogens is 1. The van der Waals surface area contributed by atoms with E-state index >= 15 is 0 Å². The summed E-state index contributed by atoms with van der Waals surface area (Å²) in [5.41, 5.74) is 21.1. The van der Waals surface area contributed by atoms with Gasteiger partial charge in [0.25, 0.3) is 0 Å². The molecule has 4 heterocycles. The summed E-state index contributed by atoms with van der Waals surface area (Å²) < 4.78 is 0. The van der Waals surface area contributed by atoms with Gasteiger partial charge in [-0.3, -0.25) is 33.7 Å². The number of carbonyl (C=O) groups is 6. The monoisotopic (exact) mass is 959 g/mol. The number of nitrogens with one attached hydrogen (secondary N) is 2. The molecule has 1 aromatic heterocycles. The van der Waals surface area contributed by atoms with E-state index in [1.54, 1.807) is 16.2 Å². The van der Waals surface area contributed by atoms with Crippen molar-refractivity contribution >= 4 is 52.3 Å². The number of unbranched alkanes of at least 4 members (excludes halogenated alkanes) is 2. The number of amides is 5. The summed E-state index contributed by atoms with van der Waals surface area (Å²) in [5.74, 6) is -1.70. The maximum absolute atomic E-state index is 14.1. The SMILES string of the molecule is Cc1ncsc1-c1ccc(CNC(=O)[C@@H]2C[C@@H](O)CN2C(=O)[C@@H](NC(=O)CCCCCc2cccc(CC[C@H](CCC(N)=O)CC(=O)[C@@H]3Cc4cccc5c4N3C(=O)[C@@H](N)CC5)c2)C(C)(C)C)cc1. The first-order valence-electron chi connectivity index (χ1n) is 24.6. The van der Waals surface area contributed by atoms with Crippen LogP contribution in [0.2, 0.25) is 0 Å². The first kappa shape index (κ1) is 51.1. The molecule has 368 valence electrons. The Morgan fingerprint density at radius 1 is 0.899 bits per heavy atom. The number of hydrogen-bond donors (Lipinski definition) is 5. The van der Waals surface area contributed by atoms with Crippen LogP contribution in [0.4, 0.5) is 5.69 Å². The molecule has 1 saturated heterocycles. The van der Waals surface area contributed by atoms with Gasteiger partial charge in [0.05, 0.1) is 40.0 Å². The smallest absolute Gasteiger partial charge is 0.246 e. The molecule has 69 heavy (non-hydrogen) atoms. The predicted molar refractivity (Wildman–Crippen MR) is 268 cm³/mol. The summed E-state index contributed by atoms with van der Waals surface area (Å²) in [6.45, 7) is 7.88. The van der Waals surface area contributed by atoms with Crippen LogP contribution in [0.15, 0.2) is 72.2 Å². The molecule has 15 heteroatoms. The lowest BCUT2D eigenvalue weighted by atomic mass is 9.85. The quantitative estimate of drug-likeness (QED) is 0.0615. The van der Waals surface area contributed by atoms with Gasteiger partial charge in [0, 0.05) is 45.2 Å². The van der Waals surface area contributed by atoms with E-state index in [0.29, 0.717) is 44.9 Å². The minimum atomic E-state index is -0.893. The molecule has 14 nitrogen and oxygen atoms in total. The number of β-amino-alcohol motifs (C(OH)–C–C–N with tert-alkyl or cyclic N) is 1. The zero-order valence-corrected chi connectivity index (χ0v) is 41.3. The molecule has 7 N–H and O–H groups in total. The van der Waals surface area contributed by atoms with E-state index in [1.165, 1.54) is 10.5 Å². The number of benzene rings is 3. The highest BCUT2D eigenvalue weighted by atomic mass is 32.1. The van der Waals surface area contributed by atoms with Gasteiger partial charge in [-0.15, -0.1) is 11.3 Å². The van der Waals surface area contributed by atoms with Crippen molar-refractivity contribution in [2.45, 2.75) is 154 Å². The summed E-state index contributed by atoms with van der Waals surface area (Å²) in [6, 6.07) is 19.2. The fourth-order valence-electron chi connectivity index (χ4n) is 10.1. The number of nitrogens with two attached hydrogens (primary N) is 2. The third-order valence-electron chi connectivity index (χ3n) is 14.0. The van der Waals surface area contributed by atoms with Crippen LogP contribution in [0.5, 0.6) is 0 Å². The van der Waals surface area contributed by atoms with Crippen molar-refractivity contribution in [1.82, 2.24) is 20.5 Å².